The zero-order chi connectivity index (χ0) is 18.6. The van der Waals surface area contributed by atoms with Gasteiger partial charge in [-0.3, -0.25) is 0 Å². The van der Waals surface area contributed by atoms with E-state index in [9.17, 15) is 14.7 Å². The largest absolute Gasteiger partial charge is 0.477 e. The van der Waals surface area contributed by atoms with Gasteiger partial charge in [-0.2, -0.15) is 5.10 Å². The van der Waals surface area contributed by atoms with Gasteiger partial charge < -0.3 is 9.84 Å². The van der Waals surface area contributed by atoms with Gasteiger partial charge in [0.25, 0.3) is 0 Å². The first-order valence-electron chi connectivity index (χ1n) is 7.92. The fourth-order valence-corrected chi connectivity index (χ4v) is 3.74. The number of cyclic esters (lactones) is 1. The van der Waals surface area contributed by atoms with E-state index in [1.807, 2.05) is 6.92 Å². The Hall–Kier alpha value is -3.01. The summed E-state index contributed by atoms with van der Waals surface area (Å²) in [6.07, 6.45) is 0.170. The first-order valence-corrected chi connectivity index (χ1v) is 8.80. The van der Waals surface area contributed by atoms with Crippen LogP contribution in [-0.4, -0.2) is 42.5 Å². The second kappa shape index (κ2) is 5.49. The fraction of sp³-hybridized carbons (Fsp3) is 0.312. The maximum absolute atomic E-state index is 11.7. The van der Waals surface area contributed by atoms with Gasteiger partial charge in [-0.25, -0.2) is 29.0 Å². The summed E-state index contributed by atoms with van der Waals surface area (Å²) in [6, 6.07) is 3.20. The van der Waals surface area contributed by atoms with Crippen LogP contribution in [-0.2, 0) is 11.2 Å². The molecule has 0 saturated carbocycles. The summed E-state index contributed by atoms with van der Waals surface area (Å²) in [6.45, 7) is 5.48. The van der Waals surface area contributed by atoms with E-state index in [0.29, 0.717) is 28.6 Å². The van der Waals surface area contributed by atoms with Crippen LogP contribution in [0.1, 0.15) is 37.0 Å². The lowest BCUT2D eigenvalue weighted by molar-refractivity contribution is -0.0192. The second-order valence-electron chi connectivity index (χ2n) is 6.26. The van der Waals surface area contributed by atoms with E-state index in [0.717, 1.165) is 5.69 Å². The van der Waals surface area contributed by atoms with Crippen molar-refractivity contribution in [2.45, 2.75) is 32.9 Å². The SMILES string of the molecule is CCc1cc(C(=O)O)nc2cc(-c3csc(N4C(=O)OC4(C)C)n3)nn12. The normalized spacial score (nSPS) is 15.8. The number of carboxylic acid groups (broad SMARTS) is 1. The Balaban J connectivity index is 1.76. The van der Waals surface area contributed by atoms with E-state index >= 15 is 0 Å². The highest BCUT2D eigenvalue weighted by Crippen LogP contribution is 2.37. The average Bonchev–Trinajstić information content (AvgIpc) is 3.19. The number of thiazole rings is 1. The minimum atomic E-state index is -1.08. The highest BCUT2D eigenvalue weighted by molar-refractivity contribution is 7.14. The van der Waals surface area contributed by atoms with Gasteiger partial charge in [-0.15, -0.1) is 11.3 Å². The summed E-state index contributed by atoms with van der Waals surface area (Å²) < 4.78 is 6.70. The molecule has 1 amide bonds. The zero-order valence-electron chi connectivity index (χ0n) is 14.3. The number of rotatable bonds is 4. The Labute approximate surface area is 151 Å². The van der Waals surface area contributed by atoms with Crippen molar-refractivity contribution in [3.8, 4) is 11.4 Å². The molecule has 26 heavy (non-hydrogen) atoms. The van der Waals surface area contributed by atoms with Crippen LogP contribution in [0.3, 0.4) is 0 Å². The summed E-state index contributed by atoms with van der Waals surface area (Å²) in [7, 11) is 0. The highest BCUT2D eigenvalue weighted by atomic mass is 32.1. The number of fused-ring (bicyclic) bond motifs is 1. The van der Waals surface area contributed by atoms with Crippen molar-refractivity contribution in [2.75, 3.05) is 4.90 Å². The molecule has 9 nitrogen and oxygen atoms in total. The molecule has 3 aromatic heterocycles. The number of hydrogen-bond donors (Lipinski definition) is 1. The van der Waals surface area contributed by atoms with Crippen molar-refractivity contribution in [3.63, 3.8) is 0 Å². The maximum atomic E-state index is 11.7. The molecule has 0 radical (unpaired) electrons. The summed E-state index contributed by atoms with van der Waals surface area (Å²) in [4.78, 5) is 33.0. The van der Waals surface area contributed by atoms with Crippen molar-refractivity contribution in [1.29, 1.82) is 0 Å². The molecule has 1 aliphatic heterocycles. The molecule has 0 bridgehead atoms. The standard InChI is InChI=1S/C16H15N5O4S/c1-4-8-5-10(13(22)23)17-12-6-9(19-21(8)12)11-7-26-14(18-11)20-15(24)25-16(20,2)3/h5-7H,4H2,1-3H3,(H,22,23). The van der Waals surface area contributed by atoms with Crippen LogP contribution in [0.4, 0.5) is 9.93 Å². The van der Waals surface area contributed by atoms with E-state index in [1.54, 1.807) is 29.8 Å². The molecule has 134 valence electrons. The molecule has 0 spiro atoms. The molecule has 0 unspecified atom stereocenters. The average molecular weight is 373 g/mol. The smallest absolute Gasteiger partial charge is 0.421 e. The molecule has 1 fully saturated rings. The summed E-state index contributed by atoms with van der Waals surface area (Å²) in [5, 5.41) is 16.0. The molecule has 4 rings (SSSR count). The Bertz CT molecular complexity index is 1050. The van der Waals surface area contributed by atoms with Crippen molar-refractivity contribution in [3.05, 3.63) is 28.9 Å². The quantitative estimate of drug-likeness (QED) is 0.749. The van der Waals surface area contributed by atoms with Crippen molar-refractivity contribution < 1.29 is 19.4 Å². The zero-order valence-corrected chi connectivity index (χ0v) is 15.1. The predicted molar refractivity (Wildman–Crippen MR) is 93.5 cm³/mol. The third-order valence-corrected chi connectivity index (χ3v) is 4.91. The lowest BCUT2D eigenvalue weighted by atomic mass is 10.2. The van der Waals surface area contributed by atoms with E-state index in [2.05, 4.69) is 15.1 Å². The number of nitrogens with zero attached hydrogens (tertiary/aromatic N) is 5. The monoisotopic (exact) mass is 373 g/mol. The van der Waals surface area contributed by atoms with Crippen LogP contribution < -0.4 is 4.90 Å². The molecule has 0 aromatic carbocycles. The molecule has 0 aliphatic carbocycles. The molecular formula is C16H15N5O4S. The Morgan fingerprint density at radius 1 is 1.31 bits per heavy atom. The van der Waals surface area contributed by atoms with Crippen LogP contribution in [0.15, 0.2) is 17.5 Å². The van der Waals surface area contributed by atoms with E-state index in [-0.39, 0.29) is 5.69 Å². The second-order valence-corrected chi connectivity index (χ2v) is 7.09. The fourth-order valence-electron chi connectivity index (χ4n) is 2.80. The van der Waals surface area contributed by atoms with Crippen LogP contribution in [0.2, 0.25) is 0 Å². The molecule has 1 N–H and O–H groups in total. The van der Waals surface area contributed by atoms with E-state index in [4.69, 9.17) is 4.74 Å². The van der Waals surface area contributed by atoms with Crippen LogP contribution >= 0.6 is 11.3 Å². The third-order valence-electron chi connectivity index (χ3n) is 4.09. The number of hydrogen-bond acceptors (Lipinski definition) is 7. The van der Waals surface area contributed by atoms with E-state index < -0.39 is 17.8 Å². The van der Waals surface area contributed by atoms with Crippen molar-refractivity contribution in [1.82, 2.24) is 19.6 Å². The van der Waals surface area contributed by atoms with Gasteiger partial charge in [0.2, 0.25) is 0 Å². The number of carbonyl (C=O) groups is 2. The summed E-state index contributed by atoms with van der Waals surface area (Å²) >= 11 is 1.31. The number of anilines is 1. The Morgan fingerprint density at radius 3 is 2.69 bits per heavy atom. The third kappa shape index (κ3) is 2.41. The number of carboxylic acids is 1. The lowest BCUT2D eigenvalue weighted by Crippen LogP contribution is -2.62. The predicted octanol–water partition coefficient (Wildman–Crippen LogP) is 2.81. The minimum absolute atomic E-state index is 0.0233. The van der Waals surface area contributed by atoms with E-state index in [1.165, 1.54) is 22.3 Å². The lowest BCUT2D eigenvalue weighted by Gasteiger charge is -2.44. The number of aromatic carboxylic acids is 1. The molecule has 3 aromatic rings. The molecule has 10 heteroatoms. The highest BCUT2D eigenvalue weighted by Gasteiger charge is 2.48. The molecule has 1 aliphatic rings. The van der Waals surface area contributed by atoms with Crippen LogP contribution in [0.25, 0.3) is 17.0 Å². The Kier molecular flexibility index (Phi) is 3.48. The van der Waals surface area contributed by atoms with Crippen molar-refractivity contribution >= 4 is 34.2 Å². The van der Waals surface area contributed by atoms with Gasteiger partial charge in [-0.05, 0) is 26.3 Å². The summed E-state index contributed by atoms with van der Waals surface area (Å²) in [5.41, 5.74) is 1.58. The molecule has 1 saturated heterocycles. The van der Waals surface area contributed by atoms with Gasteiger partial charge in [0.05, 0.1) is 0 Å². The van der Waals surface area contributed by atoms with Crippen LogP contribution in [0.5, 0.6) is 0 Å². The number of carbonyl (C=O) groups excluding carboxylic acids is 1. The van der Waals surface area contributed by atoms with Gasteiger partial charge in [-0.1, -0.05) is 6.92 Å². The summed E-state index contributed by atoms with van der Waals surface area (Å²) in [5.74, 6) is -1.08. The van der Waals surface area contributed by atoms with Crippen LogP contribution in [0, 0.1) is 0 Å². The molecule has 4 heterocycles. The van der Waals surface area contributed by atoms with Gasteiger partial charge in [0.15, 0.2) is 22.2 Å². The van der Waals surface area contributed by atoms with Crippen molar-refractivity contribution in [2.24, 2.45) is 0 Å². The van der Waals surface area contributed by atoms with Gasteiger partial charge in [0.1, 0.15) is 11.4 Å². The Morgan fingerprint density at radius 2 is 2.08 bits per heavy atom. The number of aryl methyl sites for hydroxylation is 1. The van der Waals surface area contributed by atoms with Gasteiger partial charge in [0, 0.05) is 17.1 Å². The first kappa shape index (κ1) is 16.5. The number of amides is 1. The molecular weight excluding hydrogens is 358 g/mol. The first-order chi connectivity index (χ1) is 12.3. The maximum Gasteiger partial charge on any atom is 0.421 e. The molecule has 0 atom stereocenters. The number of ether oxygens (including phenoxy) is 1. The minimum Gasteiger partial charge on any atom is -0.477 e. The topological polar surface area (TPSA) is 110 Å². The number of aromatic nitrogens is 4. The van der Waals surface area contributed by atoms with Gasteiger partial charge >= 0.3 is 12.1 Å².